The smallest absolute Gasteiger partial charge is 0.226 e. The lowest BCUT2D eigenvalue weighted by Crippen LogP contribution is -2.27. The Morgan fingerprint density at radius 1 is 1.12 bits per heavy atom. The summed E-state index contributed by atoms with van der Waals surface area (Å²) in [5, 5.41) is 40.0. The van der Waals surface area contributed by atoms with Gasteiger partial charge in [0, 0.05) is 29.0 Å². The number of benzene rings is 2. The zero-order chi connectivity index (χ0) is 30.2. The van der Waals surface area contributed by atoms with Gasteiger partial charge in [0.15, 0.2) is 7.85 Å². The van der Waals surface area contributed by atoms with E-state index in [1.807, 2.05) is 0 Å². The van der Waals surface area contributed by atoms with Crippen molar-refractivity contribution in [1.29, 1.82) is 10.5 Å². The third-order valence-electron chi connectivity index (χ3n) is 5.99. The van der Waals surface area contributed by atoms with Crippen LogP contribution in [-0.4, -0.2) is 66.6 Å². The molecule has 0 unspecified atom stereocenters. The van der Waals surface area contributed by atoms with Gasteiger partial charge in [-0.2, -0.15) is 10.5 Å². The molecule has 0 aliphatic rings. The van der Waals surface area contributed by atoms with E-state index in [2.05, 4.69) is 22.1 Å². The van der Waals surface area contributed by atoms with Gasteiger partial charge in [-0.1, -0.05) is 35.5 Å². The number of halogens is 1. The van der Waals surface area contributed by atoms with Crippen LogP contribution in [0.25, 0.3) is 22.6 Å². The van der Waals surface area contributed by atoms with Crippen LogP contribution in [0.2, 0.25) is 5.02 Å². The molecule has 42 heavy (non-hydrogen) atoms. The van der Waals surface area contributed by atoms with Crippen molar-refractivity contribution in [2.75, 3.05) is 31.7 Å². The molecule has 0 fully saturated rings. The van der Waals surface area contributed by atoms with Crippen LogP contribution in [0.4, 0.5) is 5.82 Å². The molecular formula is C29H25BClN5O5S. The molecule has 1 atom stereocenters. The monoisotopic (exact) mass is 601 g/mol. The lowest BCUT2D eigenvalue weighted by molar-refractivity contribution is -0.110. The number of carbonyl (C=O) groups excluding carboxylic acids is 1. The molecule has 4 aromatic rings. The fraction of sp³-hybridized carbons (Fsp3) is 0.207. The first kappa shape index (κ1) is 30.6. The predicted molar refractivity (Wildman–Crippen MR) is 161 cm³/mol. The van der Waals surface area contributed by atoms with Crippen LogP contribution >= 0.6 is 23.4 Å². The summed E-state index contributed by atoms with van der Waals surface area (Å²) in [4.78, 5) is 22.7. The van der Waals surface area contributed by atoms with Gasteiger partial charge in [-0.15, -0.1) is 0 Å². The molecule has 2 heterocycles. The van der Waals surface area contributed by atoms with Crippen LogP contribution < -0.4 is 9.64 Å². The van der Waals surface area contributed by atoms with Gasteiger partial charge in [-0.25, -0.2) is 9.97 Å². The van der Waals surface area contributed by atoms with Gasteiger partial charge in [-0.3, -0.25) is 0 Å². The van der Waals surface area contributed by atoms with Crippen LogP contribution in [-0.2, 0) is 10.5 Å². The van der Waals surface area contributed by atoms with E-state index in [-0.39, 0.29) is 35.8 Å². The maximum Gasteiger partial charge on any atom is 0.226 e. The van der Waals surface area contributed by atoms with Gasteiger partial charge in [0.05, 0.1) is 24.4 Å². The van der Waals surface area contributed by atoms with Crippen LogP contribution in [0.5, 0.6) is 5.75 Å². The molecule has 0 amide bonds. The molecule has 0 saturated carbocycles. The molecule has 2 aromatic carbocycles. The fourth-order valence-electron chi connectivity index (χ4n) is 4.04. The number of nitrogens with zero attached hydrogens (tertiary/aromatic N) is 5. The van der Waals surface area contributed by atoms with Crippen molar-refractivity contribution in [2.45, 2.75) is 16.9 Å². The molecule has 10 nitrogen and oxygen atoms in total. The minimum Gasteiger partial charge on any atom is -0.491 e. The Kier molecular flexibility index (Phi) is 10.2. The highest BCUT2D eigenvalue weighted by Gasteiger charge is 2.24. The Bertz CT molecular complexity index is 1650. The number of oxazole rings is 1. The molecule has 0 spiro atoms. The number of hydrogen-bond donors (Lipinski definition) is 2. The SMILES string of the molecule is BC(=O)CN(C)c1nc(SCc2coc(-c3ccc(Cl)cc3)n2)c(C#N)c(-c2ccc(OC[C@@H](O)CO)cc2)c1C#N. The van der Waals surface area contributed by atoms with Crippen molar-refractivity contribution in [3.05, 3.63) is 76.6 Å². The van der Waals surface area contributed by atoms with Crippen molar-refractivity contribution in [1.82, 2.24) is 9.97 Å². The number of anilines is 1. The van der Waals surface area contributed by atoms with E-state index in [1.165, 1.54) is 25.9 Å². The van der Waals surface area contributed by atoms with Gasteiger partial charge in [-0.05, 0) is 42.0 Å². The molecule has 2 N–H and O–H groups in total. The van der Waals surface area contributed by atoms with Crippen LogP contribution in [0, 0.1) is 22.7 Å². The molecule has 212 valence electrons. The second kappa shape index (κ2) is 14.0. The number of carbonyl (C=O) groups is 1. The Balaban J connectivity index is 1.72. The number of ether oxygens (including phenoxy) is 1. The van der Waals surface area contributed by atoms with Gasteiger partial charge in [0.25, 0.3) is 0 Å². The number of rotatable bonds is 12. The molecule has 0 bridgehead atoms. The van der Waals surface area contributed by atoms with E-state index in [9.17, 15) is 20.4 Å². The quantitative estimate of drug-likeness (QED) is 0.181. The van der Waals surface area contributed by atoms with Crippen molar-refractivity contribution in [3.8, 4) is 40.5 Å². The maximum absolute atomic E-state index is 11.9. The molecule has 0 aliphatic carbocycles. The predicted octanol–water partition coefficient (Wildman–Crippen LogP) is 3.42. The van der Waals surface area contributed by atoms with Crippen LogP contribution in [0.1, 0.15) is 16.8 Å². The Morgan fingerprint density at radius 2 is 1.79 bits per heavy atom. The van der Waals surface area contributed by atoms with E-state index in [4.69, 9.17) is 25.9 Å². The third-order valence-corrected chi connectivity index (χ3v) is 7.25. The molecule has 13 heteroatoms. The zero-order valence-corrected chi connectivity index (χ0v) is 24.3. The summed E-state index contributed by atoms with van der Waals surface area (Å²) in [6.45, 7) is -0.509. The van der Waals surface area contributed by atoms with Gasteiger partial charge in [0.1, 0.15) is 59.0 Å². The summed E-state index contributed by atoms with van der Waals surface area (Å²) in [6.07, 6.45) is 0.509. The second-order valence-electron chi connectivity index (χ2n) is 9.26. The zero-order valence-electron chi connectivity index (χ0n) is 22.7. The largest absolute Gasteiger partial charge is 0.491 e. The maximum atomic E-state index is 11.9. The molecule has 0 aliphatic heterocycles. The van der Waals surface area contributed by atoms with Gasteiger partial charge in [0.2, 0.25) is 5.89 Å². The van der Waals surface area contributed by atoms with E-state index in [0.29, 0.717) is 44.3 Å². The van der Waals surface area contributed by atoms with E-state index in [1.54, 1.807) is 60.5 Å². The van der Waals surface area contributed by atoms with Crippen molar-refractivity contribution in [2.24, 2.45) is 0 Å². The molecule has 0 saturated heterocycles. The topological polar surface area (TPSA) is 156 Å². The van der Waals surface area contributed by atoms with Gasteiger partial charge < -0.3 is 29.1 Å². The third kappa shape index (κ3) is 7.30. The molecule has 0 radical (unpaired) electrons. The average Bonchev–Trinajstić information content (AvgIpc) is 3.47. The summed E-state index contributed by atoms with van der Waals surface area (Å²) in [5.74, 6) is 1.44. The molecular weight excluding hydrogens is 577 g/mol. The first-order chi connectivity index (χ1) is 20.2. The fourth-order valence-corrected chi connectivity index (χ4v) is 5.03. The number of aromatic nitrogens is 2. The van der Waals surface area contributed by atoms with E-state index in [0.717, 1.165) is 5.56 Å². The highest BCUT2D eigenvalue weighted by Crippen LogP contribution is 2.39. The Hall–Kier alpha value is -4.33. The highest BCUT2D eigenvalue weighted by atomic mass is 35.5. The van der Waals surface area contributed by atoms with Crippen molar-refractivity contribution < 1.29 is 24.2 Å². The minimum absolute atomic E-state index is 0.0187. The first-order valence-corrected chi connectivity index (χ1v) is 14.0. The number of nitriles is 2. The average molecular weight is 602 g/mol. The number of aliphatic hydroxyl groups is 2. The number of thioether (sulfide) groups is 1. The normalized spacial score (nSPS) is 11.4. The van der Waals surface area contributed by atoms with Crippen LogP contribution in [0.3, 0.4) is 0 Å². The molecule has 4 rings (SSSR count). The van der Waals surface area contributed by atoms with E-state index >= 15 is 0 Å². The number of likely N-dealkylation sites (N-methyl/N-ethyl adjacent to an activating group) is 1. The Labute approximate surface area is 252 Å². The van der Waals surface area contributed by atoms with Crippen LogP contribution in [0.15, 0.2) is 64.2 Å². The summed E-state index contributed by atoms with van der Waals surface area (Å²) < 4.78 is 11.1. The second-order valence-corrected chi connectivity index (χ2v) is 10.7. The Morgan fingerprint density at radius 3 is 2.40 bits per heavy atom. The highest BCUT2D eigenvalue weighted by molar-refractivity contribution is 7.98. The summed E-state index contributed by atoms with van der Waals surface area (Å²) in [7, 11) is 3.10. The van der Waals surface area contributed by atoms with Gasteiger partial charge >= 0.3 is 0 Å². The number of aliphatic hydroxyl groups excluding tert-OH is 2. The number of pyridine rings is 1. The van der Waals surface area contributed by atoms with Crippen molar-refractivity contribution in [3.63, 3.8) is 0 Å². The standard InChI is InChI=1S/C29H25BClN5O5S/c1-36(12-25(30)39)27-23(10-32)26(17-4-8-22(9-5-17)40-15-21(38)13-37)24(11-33)29(35-27)42-16-20-14-41-28(34-20)18-2-6-19(31)7-3-18/h2-9,14,21,37-38H,12-13,15-16,30H2,1H3/t21-/m0/s1. The molecule has 2 aromatic heterocycles. The summed E-state index contributed by atoms with van der Waals surface area (Å²) >= 11 is 7.23. The summed E-state index contributed by atoms with van der Waals surface area (Å²) in [6, 6.07) is 18.1. The lowest BCUT2D eigenvalue weighted by atomic mass is 9.96. The van der Waals surface area contributed by atoms with E-state index < -0.39 is 12.7 Å². The minimum atomic E-state index is -1.02. The van der Waals surface area contributed by atoms with Crippen molar-refractivity contribution >= 4 is 42.7 Å². The number of hydrogen-bond acceptors (Lipinski definition) is 11. The lowest BCUT2D eigenvalue weighted by Gasteiger charge is -2.22. The summed E-state index contributed by atoms with van der Waals surface area (Å²) in [5.41, 5.74) is 2.54. The first-order valence-electron chi connectivity index (χ1n) is 12.7.